The molecule has 0 aliphatic heterocycles. The molecule has 160 valence electrons. The number of halogens is 2. The van der Waals surface area contributed by atoms with E-state index >= 15 is 0 Å². The molecule has 1 aromatic heterocycles. The smallest absolute Gasteiger partial charge is 0.275 e. The van der Waals surface area contributed by atoms with Crippen molar-refractivity contribution in [2.45, 2.75) is 38.0 Å². The van der Waals surface area contributed by atoms with E-state index in [1.54, 1.807) is 31.2 Å². The van der Waals surface area contributed by atoms with Gasteiger partial charge in [0.1, 0.15) is 17.3 Å². The van der Waals surface area contributed by atoms with Crippen LogP contribution >= 0.6 is 0 Å². The number of benzene rings is 2. The molecule has 1 fully saturated rings. The van der Waals surface area contributed by atoms with Crippen LogP contribution in [0, 0.1) is 18.6 Å². The molecule has 0 saturated heterocycles. The van der Waals surface area contributed by atoms with E-state index in [4.69, 9.17) is 0 Å². The van der Waals surface area contributed by atoms with Crippen LogP contribution in [0.3, 0.4) is 0 Å². The molecular formula is C24H23F2N3O2. The zero-order chi connectivity index (χ0) is 22.0. The molecule has 0 radical (unpaired) electrons. The summed E-state index contributed by atoms with van der Waals surface area (Å²) in [6.45, 7) is 1.94. The van der Waals surface area contributed by atoms with Gasteiger partial charge in [0, 0.05) is 23.7 Å². The van der Waals surface area contributed by atoms with Crippen molar-refractivity contribution in [1.82, 2.24) is 15.1 Å². The van der Waals surface area contributed by atoms with Gasteiger partial charge in [-0.05, 0) is 49.6 Å². The predicted molar refractivity (Wildman–Crippen MR) is 113 cm³/mol. The summed E-state index contributed by atoms with van der Waals surface area (Å²) in [7, 11) is 0. The molecule has 5 nitrogen and oxygen atoms in total. The number of aromatic nitrogens is 2. The summed E-state index contributed by atoms with van der Waals surface area (Å²) in [5.41, 5.74) is 0.426. The van der Waals surface area contributed by atoms with Crippen molar-refractivity contribution in [3.63, 3.8) is 0 Å². The zero-order valence-corrected chi connectivity index (χ0v) is 17.2. The maximum absolute atomic E-state index is 14.2. The first-order valence-electron chi connectivity index (χ1n) is 10.3. The van der Waals surface area contributed by atoms with Crippen LogP contribution in [-0.4, -0.2) is 22.2 Å². The van der Waals surface area contributed by atoms with Gasteiger partial charge in [0.05, 0.1) is 0 Å². The van der Waals surface area contributed by atoms with Crippen LogP contribution in [0.15, 0.2) is 59.4 Å². The Morgan fingerprint density at radius 1 is 1.10 bits per heavy atom. The van der Waals surface area contributed by atoms with Crippen molar-refractivity contribution < 1.29 is 13.6 Å². The molecule has 7 heteroatoms. The second-order valence-corrected chi connectivity index (χ2v) is 8.04. The molecular weight excluding hydrogens is 400 g/mol. The minimum absolute atomic E-state index is 0.160. The van der Waals surface area contributed by atoms with E-state index in [2.05, 4.69) is 10.4 Å². The molecule has 1 amide bonds. The largest absolute Gasteiger partial charge is 0.350 e. The fraction of sp³-hybridized carbons (Fsp3) is 0.292. The van der Waals surface area contributed by atoms with Gasteiger partial charge < -0.3 is 5.32 Å². The molecule has 0 spiro atoms. The first-order chi connectivity index (χ1) is 14.9. The van der Waals surface area contributed by atoms with Crippen molar-refractivity contribution in [2.75, 3.05) is 6.54 Å². The highest BCUT2D eigenvalue weighted by Gasteiger charge is 2.36. The topological polar surface area (TPSA) is 64.0 Å². The van der Waals surface area contributed by atoms with Crippen LogP contribution in [0.25, 0.3) is 5.69 Å². The highest BCUT2D eigenvalue weighted by Crippen LogP contribution is 2.40. The second-order valence-electron chi connectivity index (χ2n) is 8.04. The van der Waals surface area contributed by atoms with E-state index in [1.165, 1.54) is 35.0 Å². The van der Waals surface area contributed by atoms with E-state index in [9.17, 15) is 18.4 Å². The van der Waals surface area contributed by atoms with Crippen molar-refractivity contribution in [3.05, 3.63) is 93.4 Å². The van der Waals surface area contributed by atoms with Crippen LogP contribution in [0.1, 0.15) is 47.4 Å². The van der Waals surface area contributed by atoms with Gasteiger partial charge in [0.25, 0.3) is 5.91 Å². The van der Waals surface area contributed by atoms with Gasteiger partial charge >= 0.3 is 0 Å². The molecule has 3 aromatic rings. The minimum atomic E-state index is -0.608. The van der Waals surface area contributed by atoms with E-state index in [0.717, 1.165) is 31.2 Å². The van der Waals surface area contributed by atoms with E-state index in [-0.39, 0.29) is 22.6 Å². The van der Waals surface area contributed by atoms with Crippen molar-refractivity contribution in [3.8, 4) is 5.69 Å². The summed E-state index contributed by atoms with van der Waals surface area (Å²) in [6, 6.07) is 13.7. The Morgan fingerprint density at radius 3 is 2.45 bits per heavy atom. The lowest BCUT2D eigenvalue weighted by atomic mass is 9.79. The summed E-state index contributed by atoms with van der Waals surface area (Å²) in [6.07, 6.45) is 3.74. The highest BCUT2D eigenvalue weighted by molar-refractivity contribution is 5.92. The minimum Gasteiger partial charge on any atom is -0.350 e. The van der Waals surface area contributed by atoms with E-state index in [0.29, 0.717) is 12.2 Å². The third-order valence-electron chi connectivity index (χ3n) is 6.01. The van der Waals surface area contributed by atoms with Gasteiger partial charge in [0.15, 0.2) is 5.69 Å². The number of hydrogen-bond donors (Lipinski definition) is 1. The number of para-hydroxylation sites is 1. The standard InChI is InChI=1S/C24H23F2N3O2/c1-16-14-21(30)22(28-29(16)20-7-3-2-6-19(20)26)23(31)27-15-24(12-4-5-13-24)17-8-10-18(25)11-9-17/h2-3,6-11,14H,4-5,12-13,15H2,1H3,(H,27,31). The van der Waals surface area contributed by atoms with Gasteiger partial charge in [-0.15, -0.1) is 0 Å². The van der Waals surface area contributed by atoms with Gasteiger partial charge in [-0.1, -0.05) is 37.1 Å². The Hall–Kier alpha value is -3.35. The van der Waals surface area contributed by atoms with Crippen molar-refractivity contribution >= 4 is 5.91 Å². The van der Waals surface area contributed by atoms with Gasteiger partial charge in [-0.3, -0.25) is 9.59 Å². The number of aryl methyl sites for hydroxylation is 1. The lowest BCUT2D eigenvalue weighted by molar-refractivity contribution is 0.0935. The molecule has 0 bridgehead atoms. The Bertz CT molecular complexity index is 1170. The maximum Gasteiger partial charge on any atom is 0.275 e. The third-order valence-corrected chi connectivity index (χ3v) is 6.01. The highest BCUT2D eigenvalue weighted by atomic mass is 19.1. The monoisotopic (exact) mass is 423 g/mol. The van der Waals surface area contributed by atoms with Crippen LogP contribution < -0.4 is 10.7 Å². The summed E-state index contributed by atoms with van der Waals surface area (Å²) >= 11 is 0. The van der Waals surface area contributed by atoms with E-state index in [1.807, 2.05) is 0 Å². The lowest BCUT2D eigenvalue weighted by Crippen LogP contribution is -2.41. The number of hydrogen-bond acceptors (Lipinski definition) is 3. The number of rotatable bonds is 5. The summed E-state index contributed by atoms with van der Waals surface area (Å²) in [5, 5.41) is 7.00. The average Bonchev–Trinajstić information content (AvgIpc) is 3.23. The third kappa shape index (κ3) is 4.13. The second kappa shape index (κ2) is 8.41. The quantitative estimate of drug-likeness (QED) is 0.673. The number of nitrogens with zero attached hydrogens (tertiary/aromatic N) is 2. The summed E-state index contributed by atoms with van der Waals surface area (Å²) in [5.74, 6) is -1.42. The molecule has 2 aromatic carbocycles. The Balaban J connectivity index is 1.61. The van der Waals surface area contributed by atoms with Crippen LogP contribution in [0.5, 0.6) is 0 Å². The predicted octanol–water partition coefficient (Wildman–Crippen LogP) is 4.06. The van der Waals surface area contributed by atoms with Crippen LogP contribution in [-0.2, 0) is 5.41 Å². The van der Waals surface area contributed by atoms with Crippen molar-refractivity contribution in [2.24, 2.45) is 0 Å². The Morgan fingerprint density at radius 2 is 1.77 bits per heavy atom. The maximum atomic E-state index is 14.2. The normalized spacial score (nSPS) is 15.1. The van der Waals surface area contributed by atoms with Gasteiger partial charge in [-0.2, -0.15) is 5.10 Å². The Kier molecular flexibility index (Phi) is 5.67. The SMILES string of the molecule is Cc1cc(=O)c(C(=O)NCC2(c3ccc(F)cc3)CCCC2)nn1-c1ccccc1F. The molecule has 1 aliphatic rings. The number of nitrogens with one attached hydrogen (secondary N) is 1. The van der Waals surface area contributed by atoms with Gasteiger partial charge in [-0.25, -0.2) is 13.5 Å². The number of amides is 1. The van der Waals surface area contributed by atoms with Crippen molar-refractivity contribution in [1.29, 1.82) is 0 Å². The van der Waals surface area contributed by atoms with E-state index < -0.39 is 17.2 Å². The van der Waals surface area contributed by atoms with Gasteiger partial charge in [0.2, 0.25) is 5.43 Å². The van der Waals surface area contributed by atoms with Crippen LogP contribution in [0.4, 0.5) is 8.78 Å². The first-order valence-corrected chi connectivity index (χ1v) is 10.3. The molecule has 1 saturated carbocycles. The number of carbonyl (C=O) groups is 1. The zero-order valence-electron chi connectivity index (χ0n) is 17.2. The lowest BCUT2D eigenvalue weighted by Gasteiger charge is -2.30. The molecule has 1 heterocycles. The fourth-order valence-corrected chi connectivity index (χ4v) is 4.33. The summed E-state index contributed by atoms with van der Waals surface area (Å²) in [4.78, 5) is 25.4. The molecule has 4 rings (SSSR count). The molecule has 0 unspecified atom stereocenters. The molecule has 1 aliphatic carbocycles. The summed E-state index contributed by atoms with van der Waals surface area (Å²) < 4.78 is 28.9. The Labute approximate surface area is 178 Å². The van der Waals surface area contributed by atoms with Crippen LogP contribution in [0.2, 0.25) is 0 Å². The fourth-order valence-electron chi connectivity index (χ4n) is 4.33. The number of carbonyl (C=O) groups excluding carboxylic acids is 1. The molecule has 1 N–H and O–H groups in total. The average molecular weight is 423 g/mol. The molecule has 0 atom stereocenters. The molecule has 31 heavy (non-hydrogen) atoms. The first kappa shape index (κ1) is 20.9.